The highest BCUT2D eigenvalue weighted by Gasteiger charge is 2.25. The summed E-state index contributed by atoms with van der Waals surface area (Å²) < 4.78 is 13.6. The van der Waals surface area contributed by atoms with Crippen LogP contribution in [0.3, 0.4) is 0 Å². The quantitative estimate of drug-likeness (QED) is 0.623. The standard InChI is InChI=1S/C15H21FN2O2/c1-11-5-3-4-6-14(11)17(2)10-12-7-8-15(18(19)20)13(16)9-12/h7-9,11,14H,3-6,10H2,1-2H3. The Balaban J connectivity index is 2.05. The molecular weight excluding hydrogens is 259 g/mol. The van der Waals surface area contributed by atoms with Crippen molar-refractivity contribution in [3.63, 3.8) is 0 Å². The van der Waals surface area contributed by atoms with Gasteiger partial charge in [-0.25, -0.2) is 0 Å². The number of nitro groups is 1. The largest absolute Gasteiger partial charge is 0.304 e. The van der Waals surface area contributed by atoms with E-state index in [1.165, 1.54) is 37.8 Å². The van der Waals surface area contributed by atoms with Gasteiger partial charge in [-0.05, 0) is 37.4 Å². The first-order valence-electron chi connectivity index (χ1n) is 7.12. The molecule has 0 N–H and O–H groups in total. The van der Waals surface area contributed by atoms with Gasteiger partial charge in [-0.1, -0.05) is 25.8 Å². The minimum atomic E-state index is -0.752. The molecule has 0 aliphatic heterocycles. The van der Waals surface area contributed by atoms with Crippen molar-refractivity contribution in [3.8, 4) is 0 Å². The molecule has 2 unspecified atom stereocenters. The zero-order chi connectivity index (χ0) is 14.7. The minimum Gasteiger partial charge on any atom is -0.299 e. The zero-order valence-corrected chi connectivity index (χ0v) is 12.0. The lowest BCUT2D eigenvalue weighted by atomic mass is 9.85. The zero-order valence-electron chi connectivity index (χ0n) is 12.0. The van der Waals surface area contributed by atoms with Crippen LogP contribution in [0.4, 0.5) is 10.1 Å². The van der Waals surface area contributed by atoms with Crippen LogP contribution in [-0.4, -0.2) is 22.9 Å². The van der Waals surface area contributed by atoms with Crippen LogP contribution >= 0.6 is 0 Å². The maximum atomic E-state index is 13.6. The number of nitro benzene ring substituents is 1. The molecule has 0 heterocycles. The van der Waals surface area contributed by atoms with Gasteiger partial charge in [-0.15, -0.1) is 0 Å². The first-order chi connectivity index (χ1) is 9.49. The number of hydrogen-bond acceptors (Lipinski definition) is 3. The maximum Gasteiger partial charge on any atom is 0.304 e. The normalized spacial score (nSPS) is 23.0. The number of rotatable bonds is 4. The molecule has 1 saturated carbocycles. The Kier molecular flexibility index (Phi) is 4.70. The fourth-order valence-corrected chi connectivity index (χ4v) is 3.15. The summed E-state index contributed by atoms with van der Waals surface area (Å²) in [6, 6.07) is 4.69. The van der Waals surface area contributed by atoms with Crippen LogP contribution in [0.2, 0.25) is 0 Å². The summed E-state index contributed by atoms with van der Waals surface area (Å²) in [6.45, 7) is 2.89. The van der Waals surface area contributed by atoms with Crippen molar-refractivity contribution >= 4 is 5.69 Å². The molecule has 2 rings (SSSR count). The van der Waals surface area contributed by atoms with Crippen molar-refractivity contribution in [1.82, 2.24) is 4.90 Å². The summed E-state index contributed by atoms with van der Waals surface area (Å²) in [6.07, 6.45) is 4.95. The summed E-state index contributed by atoms with van der Waals surface area (Å²) in [7, 11) is 2.05. The van der Waals surface area contributed by atoms with Crippen molar-refractivity contribution in [1.29, 1.82) is 0 Å². The summed E-state index contributed by atoms with van der Waals surface area (Å²) in [5, 5.41) is 10.6. The van der Waals surface area contributed by atoms with Crippen molar-refractivity contribution in [3.05, 3.63) is 39.7 Å². The van der Waals surface area contributed by atoms with Gasteiger partial charge in [0.15, 0.2) is 0 Å². The van der Waals surface area contributed by atoms with E-state index < -0.39 is 16.4 Å². The fraction of sp³-hybridized carbons (Fsp3) is 0.600. The van der Waals surface area contributed by atoms with Gasteiger partial charge in [-0.3, -0.25) is 15.0 Å². The van der Waals surface area contributed by atoms with Gasteiger partial charge in [0.2, 0.25) is 5.82 Å². The van der Waals surface area contributed by atoms with Crippen LogP contribution in [0.25, 0.3) is 0 Å². The molecule has 110 valence electrons. The average molecular weight is 280 g/mol. The van der Waals surface area contributed by atoms with Crippen LogP contribution in [0.1, 0.15) is 38.2 Å². The van der Waals surface area contributed by atoms with Gasteiger partial charge < -0.3 is 0 Å². The van der Waals surface area contributed by atoms with Gasteiger partial charge in [-0.2, -0.15) is 4.39 Å². The van der Waals surface area contributed by atoms with Crippen molar-refractivity contribution in [2.75, 3.05) is 7.05 Å². The van der Waals surface area contributed by atoms with Crippen LogP contribution < -0.4 is 0 Å². The third kappa shape index (κ3) is 3.33. The highest BCUT2D eigenvalue weighted by Crippen LogP contribution is 2.28. The first-order valence-corrected chi connectivity index (χ1v) is 7.12. The molecule has 4 nitrogen and oxygen atoms in total. The van der Waals surface area contributed by atoms with Gasteiger partial charge >= 0.3 is 5.69 Å². The van der Waals surface area contributed by atoms with Crippen LogP contribution in [0.15, 0.2) is 18.2 Å². The molecule has 0 amide bonds. The molecule has 2 atom stereocenters. The Morgan fingerprint density at radius 3 is 2.70 bits per heavy atom. The highest BCUT2D eigenvalue weighted by molar-refractivity contribution is 5.35. The van der Waals surface area contributed by atoms with Crippen LogP contribution in [0.5, 0.6) is 0 Å². The third-order valence-electron chi connectivity index (χ3n) is 4.27. The van der Waals surface area contributed by atoms with Crippen LogP contribution in [0, 0.1) is 21.8 Å². The number of hydrogen-bond donors (Lipinski definition) is 0. The predicted molar refractivity (Wildman–Crippen MR) is 75.9 cm³/mol. The molecule has 0 spiro atoms. The molecule has 1 aromatic carbocycles. The Morgan fingerprint density at radius 1 is 1.40 bits per heavy atom. The molecule has 1 aliphatic rings. The summed E-state index contributed by atoms with van der Waals surface area (Å²) in [5.74, 6) is -0.103. The molecule has 1 aromatic rings. The number of nitrogens with zero attached hydrogens (tertiary/aromatic N) is 2. The summed E-state index contributed by atoms with van der Waals surface area (Å²) in [5.41, 5.74) is 0.329. The Morgan fingerprint density at radius 2 is 2.10 bits per heavy atom. The van der Waals surface area contributed by atoms with Crippen molar-refractivity contribution in [2.24, 2.45) is 5.92 Å². The van der Waals surface area contributed by atoms with E-state index in [2.05, 4.69) is 11.8 Å². The van der Waals surface area contributed by atoms with E-state index in [1.54, 1.807) is 6.07 Å². The van der Waals surface area contributed by atoms with Crippen molar-refractivity contribution < 1.29 is 9.31 Å². The van der Waals surface area contributed by atoms with E-state index in [0.29, 0.717) is 18.5 Å². The fourth-order valence-electron chi connectivity index (χ4n) is 3.15. The maximum absolute atomic E-state index is 13.6. The molecule has 1 fully saturated rings. The second-order valence-corrected chi connectivity index (χ2v) is 5.79. The second kappa shape index (κ2) is 6.31. The van der Waals surface area contributed by atoms with E-state index in [4.69, 9.17) is 0 Å². The molecule has 20 heavy (non-hydrogen) atoms. The monoisotopic (exact) mass is 280 g/mol. The van der Waals surface area contributed by atoms with E-state index >= 15 is 0 Å². The minimum absolute atomic E-state index is 0.456. The number of benzene rings is 1. The predicted octanol–water partition coefficient (Wildman–Crippen LogP) is 3.74. The van der Waals surface area contributed by atoms with E-state index in [9.17, 15) is 14.5 Å². The average Bonchev–Trinajstić information content (AvgIpc) is 2.38. The second-order valence-electron chi connectivity index (χ2n) is 5.79. The van der Waals surface area contributed by atoms with Gasteiger partial charge in [0.25, 0.3) is 0 Å². The van der Waals surface area contributed by atoms with E-state index in [-0.39, 0.29) is 0 Å². The molecular formula is C15H21FN2O2. The van der Waals surface area contributed by atoms with Crippen molar-refractivity contribution in [2.45, 2.75) is 45.2 Å². The topological polar surface area (TPSA) is 46.4 Å². The summed E-state index contributed by atoms with van der Waals surface area (Å²) in [4.78, 5) is 12.2. The lowest BCUT2D eigenvalue weighted by molar-refractivity contribution is -0.387. The third-order valence-corrected chi connectivity index (χ3v) is 4.27. The molecule has 0 saturated heterocycles. The van der Waals surface area contributed by atoms with Gasteiger partial charge in [0, 0.05) is 18.7 Å². The van der Waals surface area contributed by atoms with Gasteiger partial charge in [0.05, 0.1) is 4.92 Å². The molecule has 0 aromatic heterocycles. The smallest absolute Gasteiger partial charge is 0.299 e. The summed E-state index contributed by atoms with van der Waals surface area (Å²) >= 11 is 0. The SMILES string of the molecule is CC1CCCCC1N(C)Cc1ccc([N+](=O)[O-])c(F)c1. The lowest BCUT2D eigenvalue weighted by Crippen LogP contribution is -2.38. The molecule has 5 heteroatoms. The Hall–Kier alpha value is -1.49. The first kappa shape index (κ1) is 14.9. The Bertz CT molecular complexity index is 493. The van der Waals surface area contributed by atoms with Crippen LogP contribution in [-0.2, 0) is 6.54 Å². The number of halogens is 1. The molecule has 0 radical (unpaired) electrons. The highest BCUT2D eigenvalue weighted by atomic mass is 19.1. The Labute approximate surface area is 118 Å². The molecule has 0 bridgehead atoms. The van der Waals surface area contributed by atoms with E-state index in [0.717, 1.165) is 5.56 Å². The lowest BCUT2D eigenvalue weighted by Gasteiger charge is -2.36. The van der Waals surface area contributed by atoms with Gasteiger partial charge in [0.1, 0.15) is 0 Å². The molecule has 1 aliphatic carbocycles. The van der Waals surface area contributed by atoms with E-state index in [1.807, 2.05) is 7.05 Å².